The van der Waals surface area contributed by atoms with Crippen LogP contribution in [0.3, 0.4) is 0 Å². The van der Waals surface area contributed by atoms with Crippen LogP contribution in [0.25, 0.3) is 0 Å². The molecule has 22 heavy (non-hydrogen) atoms. The van der Waals surface area contributed by atoms with Crippen LogP contribution in [0.15, 0.2) is 59.2 Å². The number of hydrogen-bond donors (Lipinski definition) is 2. The van der Waals surface area contributed by atoms with Crippen molar-refractivity contribution in [2.75, 3.05) is 10.6 Å². The number of benzene rings is 2. The van der Waals surface area contributed by atoms with Gasteiger partial charge in [-0.15, -0.1) is 5.10 Å². The molecule has 0 saturated heterocycles. The predicted octanol–water partition coefficient (Wildman–Crippen LogP) is 4.43. The Kier molecular flexibility index (Phi) is 4.29. The van der Waals surface area contributed by atoms with Crippen LogP contribution in [-0.2, 0) is 0 Å². The first-order chi connectivity index (χ1) is 10.7. The van der Waals surface area contributed by atoms with E-state index in [1.165, 1.54) is 5.56 Å². The minimum Gasteiger partial charge on any atom is -0.339 e. The van der Waals surface area contributed by atoms with Gasteiger partial charge in [0, 0.05) is 15.8 Å². The average Bonchev–Trinajstić information content (AvgIpc) is 2.52. The number of para-hydroxylation sites is 1. The molecule has 0 aliphatic rings. The molecule has 0 aliphatic heterocycles. The maximum Gasteiger partial charge on any atom is 0.249 e. The molecule has 0 fully saturated rings. The van der Waals surface area contributed by atoms with Crippen molar-refractivity contribution >= 4 is 39.1 Å². The highest BCUT2D eigenvalue weighted by atomic mass is 79.9. The molecular weight excluding hydrogens is 342 g/mol. The highest BCUT2D eigenvalue weighted by Gasteiger charge is 2.03. The lowest BCUT2D eigenvalue weighted by Gasteiger charge is -2.08. The number of rotatable bonds is 4. The molecule has 3 aromatic rings. The Hall–Kier alpha value is -2.47. The number of nitrogens with zero attached hydrogens (tertiary/aromatic N) is 3. The van der Waals surface area contributed by atoms with Crippen LogP contribution in [0, 0.1) is 6.92 Å². The number of aromatic nitrogens is 3. The molecule has 0 amide bonds. The lowest BCUT2D eigenvalue weighted by molar-refractivity contribution is 0.982. The standard InChI is InChI=1S/C16H14BrN5/c1-11-7-8-13(9-14(11)17)19-15-10-18-22-16(21-15)20-12-5-3-2-4-6-12/h2-10H,1H3,(H2,19,20,21,22). The van der Waals surface area contributed by atoms with Crippen molar-refractivity contribution in [3.8, 4) is 0 Å². The van der Waals surface area contributed by atoms with Crippen molar-refractivity contribution in [1.82, 2.24) is 15.2 Å². The third kappa shape index (κ3) is 3.59. The fourth-order valence-electron chi connectivity index (χ4n) is 1.89. The predicted molar refractivity (Wildman–Crippen MR) is 91.7 cm³/mol. The molecule has 3 rings (SSSR count). The molecule has 0 radical (unpaired) electrons. The second kappa shape index (κ2) is 6.53. The topological polar surface area (TPSA) is 62.7 Å². The summed E-state index contributed by atoms with van der Waals surface area (Å²) >= 11 is 3.52. The van der Waals surface area contributed by atoms with Gasteiger partial charge < -0.3 is 10.6 Å². The third-order valence-electron chi connectivity index (χ3n) is 3.03. The van der Waals surface area contributed by atoms with Gasteiger partial charge in [0.15, 0.2) is 5.82 Å². The summed E-state index contributed by atoms with van der Waals surface area (Å²) < 4.78 is 1.04. The van der Waals surface area contributed by atoms with E-state index in [4.69, 9.17) is 0 Å². The SMILES string of the molecule is Cc1ccc(Nc2cnnc(Nc3ccccc3)n2)cc1Br. The van der Waals surface area contributed by atoms with Crippen molar-refractivity contribution < 1.29 is 0 Å². The fraction of sp³-hybridized carbons (Fsp3) is 0.0625. The number of aryl methyl sites for hydroxylation is 1. The minimum absolute atomic E-state index is 0.447. The van der Waals surface area contributed by atoms with Crippen LogP contribution in [-0.4, -0.2) is 15.2 Å². The molecule has 5 nitrogen and oxygen atoms in total. The van der Waals surface area contributed by atoms with Crippen LogP contribution in [0.4, 0.5) is 23.1 Å². The summed E-state index contributed by atoms with van der Waals surface area (Å²) in [6.45, 7) is 2.04. The normalized spacial score (nSPS) is 10.3. The number of nitrogens with one attached hydrogen (secondary N) is 2. The van der Waals surface area contributed by atoms with Crippen molar-refractivity contribution in [3.05, 3.63) is 64.8 Å². The summed E-state index contributed by atoms with van der Waals surface area (Å²) in [5, 5.41) is 14.3. The van der Waals surface area contributed by atoms with E-state index in [0.717, 1.165) is 15.8 Å². The van der Waals surface area contributed by atoms with E-state index in [1.807, 2.05) is 55.5 Å². The van der Waals surface area contributed by atoms with Crippen LogP contribution in [0.5, 0.6) is 0 Å². The molecule has 0 unspecified atom stereocenters. The molecule has 6 heteroatoms. The van der Waals surface area contributed by atoms with Crippen molar-refractivity contribution in [2.24, 2.45) is 0 Å². The fourth-order valence-corrected chi connectivity index (χ4v) is 2.26. The van der Waals surface area contributed by atoms with Gasteiger partial charge in [-0.3, -0.25) is 0 Å². The van der Waals surface area contributed by atoms with E-state index < -0.39 is 0 Å². The van der Waals surface area contributed by atoms with Gasteiger partial charge in [0.05, 0.1) is 6.20 Å². The van der Waals surface area contributed by atoms with Crippen LogP contribution >= 0.6 is 15.9 Å². The molecule has 2 aromatic carbocycles. The smallest absolute Gasteiger partial charge is 0.249 e. The average molecular weight is 356 g/mol. The molecule has 1 heterocycles. The zero-order chi connectivity index (χ0) is 15.4. The molecule has 2 N–H and O–H groups in total. The van der Waals surface area contributed by atoms with Crippen LogP contribution < -0.4 is 10.6 Å². The molecule has 1 aromatic heterocycles. The Morgan fingerprint density at radius 1 is 0.955 bits per heavy atom. The Balaban J connectivity index is 1.77. The van der Waals surface area contributed by atoms with Gasteiger partial charge in [0.2, 0.25) is 5.95 Å². The highest BCUT2D eigenvalue weighted by molar-refractivity contribution is 9.10. The van der Waals surface area contributed by atoms with Crippen LogP contribution in [0.1, 0.15) is 5.56 Å². The Morgan fingerprint density at radius 2 is 1.77 bits per heavy atom. The minimum atomic E-state index is 0.447. The maximum atomic E-state index is 4.40. The monoisotopic (exact) mass is 355 g/mol. The molecule has 0 spiro atoms. The lowest BCUT2D eigenvalue weighted by Crippen LogP contribution is -2.02. The zero-order valence-electron chi connectivity index (χ0n) is 11.9. The van der Waals surface area contributed by atoms with E-state index in [1.54, 1.807) is 6.20 Å². The molecule has 0 atom stereocenters. The third-order valence-corrected chi connectivity index (χ3v) is 3.89. The quantitative estimate of drug-likeness (QED) is 0.724. The van der Waals surface area contributed by atoms with E-state index in [2.05, 4.69) is 41.7 Å². The Bertz CT molecular complexity index is 776. The van der Waals surface area contributed by atoms with Crippen molar-refractivity contribution in [2.45, 2.75) is 6.92 Å². The van der Waals surface area contributed by atoms with Gasteiger partial charge in [0.1, 0.15) is 0 Å². The van der Waals surface area contributed by atoms with Gasteiger partial charge >= 0.3 is 0 Å². The second-order valence-electron chi connectivity index (χ2n) is 4.75. The molecule has 110 valence electrons. The summed E-state index contributed by atoms with van der Waals surface area (Å²) in [6.07, 6.45) is 1.59. The largest absolute Gasteiger partial charge is 0.339 e. The maximum absolute atomic E-state index is 4.40. The number of hydrogen-bond acceptors (Lipinski definition) is 5. The van der Waals surface area contributed by atoms with Gasteiger partial charge in [-0.25, -0.2) is 0 Å². The Morgan fingerprint density at radius 3 is 2.55 bits per heavy atom. The molecule has 0 aliphatic carbocycles. The first kappa shape index (κ1) is 14.5. The summed E-state index contributed by atoms with van der Waals surface area (Å²) in [5.41, 5.74) is 3.03. The first-order valence-electron chi connectivity index (χ1n) is 6.76. The lowest BCUT2D eigenvalue weighted by atomic mass is 10.2. The summed E-state index contributed by atoms with van der Waals surface area (Å²) in [4.78, 5) is 4.40. The van der Waals surface area contributed by atoms with E-state index in [9.17, 15) is 0 Å². The zero-order valence-corrected chi connectivity index (χ0v) is 13.5. The first-order valence-corrected chi connectivity index (χ1v) is 7.55. The van der Waals surface area contributed by atoms with Gasteiger partial charge in [-0.1, -0.05) is 40.2 Å². The van der Waals surface area contributed by atoms with E-state index in [-0.39, 0.29) is 0 Å². The van der Waals surface area contributed by atoms with Gasteiger partial charge in [-0.2, -0.15) is 10.1 Å². The van der Waals surface area contributed by atoms with E-state index in [0.29, 0.717) is 11.8 Å². The molecule has 0 saturated carbocycles. The summed E-state index contributed by atoms with van der Waals surface area (Å²) in [5.74, 6) is 1.08. The Labute approximate surface area is 137 Å². The summed E-state index contributed by atoms with van der Waals surface area (Å²) in [6, 6.07) is 15.8. The van der Waals surface area contributed by atoms with Crippen molar-refractivity contribution in [3.63, 3.8) is 0 Å². The number of halogens is 1. The van der Waals surface area contributed by atoms with E-state index >= 15 is 0 Å². The molecule has 0 bridgehead atoms. The van der Waals surface area contributed by atoms with Gasteiger partial charge in [-0.05, 0) is 36.8 Å². The summed E-state index contributed by atoms with van der Waals surface area (Å²) in [7, 11) is 0. The number of anilines is 4. The second-order valence-corrected chi connectivity index (χ2v) is 5.60. The molecular formula is C16H14BrN5. The van der Waals surface area contributed by atoms with Crippen molar-refractivity contribution in [1.29, 1.82) is 0 Å². The highest BCUT2D eigenvalue weighted by Crippen LogP contribution is 2.23. The van der Waals surface area contributed by atoms with Crippen LogP contribution in [0.2, 0.25) is 0 Å². The van der Waals surface area contributed by atoms with Gasteiger partial charge in [0.25, 0.3) is 0 Å².